The van der Waals surface area contributed by atoms with E-state index < -0.39 is 10.0 Å². The van der Waals surface area contributed by atoms with Crippen LogP contribution < -0.4 is 5.73 Å². The van der Waals surface area contributed by atoms with Gasteiger partial charge in [-0.15, -0.1) is 0 Å². The third kappa shape index (κ3) is 2.93. The van der Waals surface area contributed by atoms with Crippen molar-refractivity contribution in [1.82, 2.24) is 8.87 Å². The van der Waals surface area contributed by atoms with Crippen LogP contribution in [0.25, 0.3) is 0 Å². The van der Waals surface area contributed by atoms with Gasteiger partial charge in [-0.25, -0.2) is 8.42 Å². The van der Waals surface area contributed by atoms with Crippen molar-refractivity contribution in [3.05, 3.63) is 18.0 Å². The molecule has 0 fully saturated rings. The molecule has 18 heavy (non-hydrogen) atoms. The van der Waals surface area contributed by atoms with Crippen LogP contribution in [0.1, 0.15) is 32.9 Å². The molecular formula is C12H23N3O2S. The van der Waals surface area contributed by atoms with Crippen molar-refractivity contribution in [3.63, 3.8) is 0 Å². The van der Waals surface area contributed by atoms with Crippen LogP contribution in [-0.2, 0) is 23.6 Å². The molecule has 1 aromatic rings. The summed E-state index contributed by atoms with van der Waals surface area (Å²) in [6, 6.07) is 1.61. The molecule has 0 atom stereocenters. The lowest BCUT2D eigenvalue weighted by Crippen LogP contribution is -2.37. The molecule has 0 spiro atoms. The molecule has 0 aliphatic carbocycles. The highest BCUT2D eigenvalue weighted by molar-refractivity contribution is 7.89. The van der Waals surface area contributed by atoms with Gasteiger partial charge in [-0.3, -0.25) is 0 Å². The Hall–Kier alpha value is -0.850. The van der Waals surface area contributed by atoms with E-state index in [0.29, 0.717) is 18.0 Å². The zero-order valence-corrected chi connectivity index (χ0v) is 12.4. The van der Waals surface area contributed by atoms with Gasteiger partial charge in [0.25, 0.3) is 0 Å². The fourth-order valence-electron chi connectivity index (χ4n) is 1.93. The minimum absolute atomic E-state index is 0.0449. The Balaban J connectivity index is 3.17. The molecule has 0 aliphatic rings. The molecule has 104 valence electrons. The normalized spacial score (nSPS) is 12.6. The molecular weight excluding hydrogens is 250 g/mol. The number of aryl methyl sites for hydroxylation is 1. The van der Waals surface area contributed by atoms with E-state index in [0.717, 1.165) is 12.1 Å². The molecule has 0 bridgehead atoms. The van der Waals surface area contributed by atoms with E-state index in [4.69, 9.17) is 5.73 Å². The van der Waals surface area contributed by atoms with Gasteiger partial charge in [0.2, 0.25) is 10.0 Å². The number of hydrogen-bond donors (Lipinski definition) is 1. The number of nitrogens with two attached hydrogens (primary N) is 1. The van der Waals surface area contributed by atoms with Crippen LogP contribution in [0.2, 0.25) is 0 Å². The average Bonchev–Trinajstić information content (AvgIpc) is 2.67. The highest BCUT2D eigenvalue weighted by atomic mass is 32.2. The van der Waals surface area contributed by atoms with Crippen molar-refractivity contribution in [1.29, 1.82) is 0 Å². The highest BCUT2D eigenvalue weighted by Crippen LogP contribution is 2.20. The molecule has 0 aromatic carbocycles. The summed E-state index contributed by atoms with van der Waals surface area (Å²) < 4.78 is 28.3. The smallest absolute Gasteiger partial charge is 0.244 e. The fourth-order valence-corrected chi connectivity index (χ4v) is 3.76. The third-order valence-corrected chi connectivity index (χ3v) is 4.96. The lowest BCUT2D eigenvalue weighted by molar-refractivity contribution is 0.354. The van der Waals surface area contributed by atoms with E-state index in [1.807, 2.05) is 20.8 Å². The largest absolute Gasteiger partial charge is 0.352 e. The molecule has 5 nitrogen and oxygen atoms in total. The molecule has 0 aliphatic heterocycles. The Morgan fingerprint density at radius 1 is 1.44 bits per heavy atom. The number of sulfonamides is 1. The van der Waals surface area contributed by atoms with E-state index in [9.17, 15) is 8.42 Å². The maximum atomic E-state index is 12.5. The summed E-state index contributed by atoms with van der Waals surface area (Å²) in [5.74, 6) is 0. The summed E-state index contributed by atoms with van der Waals surface area (Å²) in [5, 5.41) is 0. The molecule has 1 aromatic heterocycles. The van der Waals surface area contributed by atoms with Gasteiger partial charge in [-0.05, 0) is 26.3 Å². The van der Waals surface area contributed by atoms with Gasteiger partial charge in [0.1, 0.15) is 4.90 Å². The molecule has 0 radical (unpaired) electrons. The summed E-state index contributed by atoms with van der Waals surface area (Å²) in [4.78, 5) is 0.326. The number of nitrogens with zero attached hydrogens (tertiary/aromatic N) is 2. The zero-order valence-electron chi connectivity index (χ0n) is 11.5. The predicted molar refractivity (Wildman–Crippen MR) is 72.6 cm³/mol. The fraction of sp³-hybridized carbons (Fsp3) is 0.667. The van der Waals surface area contributed by atoms with Crippen LogP contribution in [0.15, 0.2) is 17.2 Å². The molecule has 0 saturated heterocycles. The standard InChI is InChI=1S/C12H23N3O2S/c1-5-6-15(10(2)3)18(16,17)12-7-11(8-13)14(4)9-12/h7,9-10H,5-6,8,13H2,1-4H3. The van der Waals surface area contributed by atoms with Crippen LogP contribution in [-0.4, -0.2) is 29.9 Å². The van der Waals surface area contributed by atoms with Crippen molar-refractivity contribution in [2.24, 2.45) is 12.8 Å². The Morgan fingerprint density at radius 2 is 2.06 bits per heavy atom. The lowest BCUT2D eigenvalue weighted by Gasteiger charge is -2.24. The molecule has 2 N–H and O–H groups in total. The lowest BCUT2D eigenvalue weighted by atomic mass is 10.4. The van der Waals surface area contributed by atoms with Crippen LogP contribution in [0.4, 0.5) is 0 Å². The maximum absolute atomic E-state index is 12.5. The first-order valence-electron chi connectivity index (χ1n) is 6.21. The first-order valence-corrected chi connectivity index (χ1v) is 7.65. The molecule has 0 unspecified atom stereocenters. The molecule has 1 rings (SSSR count). The van der Waals surface area contributed by atoms with E-state index in [-0.39, 0.29) is 6.04 Å². The van der Waals surface area contributed by atoms with E-state index in [1.165, 1.54) is 4.31 Å². The first kappa shape index (κ1) is 15.2. The minimum Gasteiger partial charge on any atom is -0.352 e. The van der Waals surface area contributed by atoms with Crippen LogP contribution in [0.5, 0.6) is 0 Å². The van der Waals surface area contributed by atoms with Gasteiger partial charge >= 0.3 is 0 Å². The number of aromatic nitrogens is 1. The van der Waals surface area contributed by atoms with E-state index in [1.54, 1.807) is 23.9 Å². The Labute approximate surface area is 110 Å². The number of rotatable bonds is 6. The second kappa shape index (κ2) is 5.86. The van der Waals surface area contributed by atoms with Gasteiger partial charge in [-0.1, -0.05) is 6.92 Å². The van der Waals surface area contributed by atoms with Crippen LogP contribution >= 0.6 is 0 Å². The molecule has 0 amide bonds. The summed E-state index contributed by atoms with van der Waals surface area (Å²) in [6.45, 7) is 6.62. The van der Waals surface area contributed by atoms with Gasteiger partial charge in [0.05, 0.1) is 0 Å². The molecule has 6 heteroatoms. The first-order chi connectivity index (χ1) is 8.34. The third-order valence-electron chi connectivity index (χ3n) is 2.92. The molecule has 0 saturated carbocycles. The Morgan fingerprint density at radius 3 is 2.44 bits per heavy atom. The van der Waals surface area contributed by atoms with E-state index in [2.05, 4.69) is 0 Å². The zero-order chi connectivity index (χ0) is 13.9. The molecule has 1 heterocycles. The van der Waals surface area contributed by atoms with E-state index >= 15 is 0 Å². The maximum Gasteiger partial charge on any atom is 0.244 e. The summed E-state index contributed by atoms with van der Waals surface area (Å²) in [5.41, 5.74) is 6.39. The van der Waals surface area contributed by atoms with Gasteiger partial charge in [0, 0.05) is 38.1 Å². The Bertz CT molecular complexity index is 491. The predicted octanol–water partition coefficient (Wildman–Crippen LogP) is 1.29. The quantitative estimate of drug-likeness (QED) is 0.849. The monoisotopic (exact) mass is 273 g/mol. The number of hydrogen-bond acceptors (Lipinski definition) is 3. The van der Waals surface area contributed by atoms with Crippen LogP contribution in [0, 0.1) is 0 Å². The van der Waals surface area contributed by atoms with Gasteiger partial charge in [-0.2, -0.15) is 4.31 Å². The van der Waals surface area contributed by atoms with Crippen molar-refractivity contribution in [2.75, 3.05) is 6.54 Å². The Kier molecular flexibility index (Phi) is 4.95. The van der Waals surface area contributed by atoms with Gasteiger partial charge in [0.15, 0.2) is 0 Å². The van der Waals surface area contributed by atoms with Crippen molar-refractivity contribution < 1.29 is 8.42 Å². The summed E-state index contributed by atoms with van der Waals surface area (Å²) >= 11 is 0. The van der Waals surface area contributed by atoms with Crippen molar-refractivity contribution >= 4 is 10.0 Å². The van der Waals surface area contributed by atoms with Crippen LogP contribution in [0.3, 0.4) is 0 Å². The topological polar surface area (TPSA) is 68.3 Å². The van der Waals surface area contributed by atoms with Crippen molar-refractivity contribution in [2.45, 2.75) is 44.7 Å². The SMILES string of the molecule is CCCN(C(C)C)S(=O)(=O)c1cc(CN)n(C)c1. The second-order valence-corrected chi connectivity index (χ2v) is 6.58. The summed E-state index contributed by atoms with van der Waals surface area (Å²) in [6.07, 6.45) is 2.43. The second-order valence-electron chi connectivity index (χ2n) is 4.69. The average molecular weight is 273 g/mol. The minimum atomic E-state index is -3.42. The van der Waals surface area contributed by atoms with Gasteiger partial charge < -0.3 is 10.3 Å². The van der Waals surface area contributed by atoms with Crippen molar-refractivity contribution in [3.8, 4) is 0 Å². The summed E-state index contributed by atoms with van der Waals surface area (Å²) in [7, 11) is -1.61. The highest BCUT2D eigenvalue weighted by Gasteiger charge is 2.27.